The maximum Gasteiger partial charge on any atom is 0.274 e. The second kappa shape index (κ2) is 5.93. The van der Waals surface area contributed by atoms with E-state index in [2.05, 4.69) is 15.3 Å². The van der Waals surface area contributed by atoms with E-state index in [9.17, 15) is 4.79 Å². The number of aryl methyl sites for hydroxylation is 1. The van der Waals surface area contributed by atoms with Gasteiger partial charge in [0, 0.05) is 17.3 Å². The number of methoxy groups -OCH3 is 1. The Morgan fingerprint density at radius 1 is 1.32 bits per heavy atom. The van der Waals surface area contributed by atoms with Gasteiger partial charge in [0.15, 0.2) is 0 Å². The monoisotopic (exact) mass is 317 g/mol. The molecule has 0 atom stereocenters. The number of halogens is 1. The Kier molecular flexibility index (Phi) is 3.98. The molecule has 0 saturated heterocycles. The summed E-state index contributed by atoms with van der Waals surface area (Å²) in [5.41, 5.74) is 1.77. The first-order chi connectivity index (χ1) is 10.6. The van der Waals surface area contributed by atoms with Crippen molar-refractivity contribution in [3.8, 4) is 5.75 Å². The van der Waals surface area contributed by atoms with Crippen molar-refractivity contribution in [2.45, 2.75) is 25.7 Å². The van der Waals surface area contributed by atoms with E-state index < -0.39 is 0 Å². The zero-order chi connectivity index (χ0) is 15.7. The average Bonchev–Trinajstić information content (AvgIpc) is 3.31. The Hall–Kier alpha value is -2.14. The first-order valence-electron chi connectivity index (χ1n) is 7.07. The first kappa shape index (κ1) is 14.8. The molecule has 1 aliphatic carbocycles. The average molecular weight is 318 g/mol. The molecule has 1 aliphatic rings. The van der Waals surface area contributed by atoms with Crippen LogP contribution < -0.4 is 10.1 Å². The lowest BCUT2D eigenvalue weighted by atomic mass is 10.2. The molecule has 1 saturated carbocycles. The van der Waals surface area contributed by atoms with E-state index in [1.807, 2.05) is 6.92 Å². The van der Waals surface area contributed by atoms with Crippen LogP contribution in [0.15, 0.2) is 24.3 Å². The van der Waals surface area contributed by atoms with Gasteiger partial charge in [0.25, 0.3) is 5.91 Å². The van der Waals surface area contributed by atoms with Gasteiger partial charge < -0.3 is 10.1 Å². The van der Waals surface area contributed by atoms with Gasteiger partial charge in [-0.3, -0.25) is 4.79 Å². The van der Waals surface area contributed by atoms with E-state index in [4.69, 9.17) is 16.3 Å². The predicted molar refractivity (Wildman–Crippen MR) is 84.7 cm³/mol. The van der Waals surface area contributed by atoms with Crippen molar-refractivity contribution in [3.05, 3.63) is 46.5 Å². The molecule has 1 heterocycles. The van der Waals surface area contributed by atoms with Crippen LogP contribution in [-0.4, -0.2) is 23.0 Å². The van der Waals surface area contributed by atoms with E-state index in [1.165, 1.54) is 0 Å². The highest BCUT2D eigenvalue weighted by Crippen LogP contribution is 2.38. The minimum atomic E-state index is -0.270. The van der Waals surface area contributed by atoms with E-state index in [0.29, 0.717) is 28.1 Å². The summed E-state index contributed by atoms with van der Waals surface area (Å²) in [5.74, 6) is 1.46. The number of carbonyl (C=O) groups is 1. The summed E-state index contributed by atoms with van der Waals surface area (Å²) in [5, 5.41) is 3.24. The van der Waals surface area contributed by atoms with E-state index >= 15 is 0 Å². The third kappa shape index (κ3) is 3.20. The van der Waals surface area contributed by atoms with Gasteiger partial charge in [0.2, 0.25) is 0 Å². The smallest absolute Gasteiger partial charge is 0.274 e. The third-order valence-corrected chi connectivity index (χ3v) is 3.75. The molecular formula is C16H16ClN3O2. The van der Waals surface area contributed by atoms with Crippen molar-refractivity contribution < 1.29 is 9.53 Å². The lowest BCUT2D eigenvalue weighted by molar-refractivity contribution is 0.102. The number of nitrogens with one attached hydrogen (secondary N) is 1. The third-order valence-electron chi connectivity index (χ3n) is 3.46. The number of amides is 1. The molecule has 0 radical (unpaired) electrons. The van der Waals surface area contributed by atoms with Crippen molar-refractivity contribution in [3.63, 3.8) is 0 Å². The van der Waals surface area contributed by atoms with Crippen molar-refractivity contribution in [2.24, 2.45) is 0 Å². The number of aromatic nitrogens is 2. The second-order valence-corrected chi connectivity index (χ2v) is 5.74. The summed E-state index contributed by atoms with van der Waals surface area (Å²) in [4.78, 5) is 21.1. The topological polar surface area (TPSA) is 64.1 Å². The summed E-state index contributed by atoms with van der Waals surface area (Å²) in [6.07, 6.45) is 2.19. The van der Waals surface area contributed by atoms with E-state index in [-0.39, 0.29) is 5.91 Å². The number of ether oxygens (including phenoxy) is 1. The Bertz CT molecular complexity index is 729. The number of rotatable bonds is 4. The highest BCUT2D eigenvalue weighted by atomic mass is 35.5. The van der Waals surface area contributed by atoms with Crippen molar-refractivity contribution in [1.29, 1.82) is 0 Å². The van der Waals surface area contributed by atoms with E-state index in [1.54, 1.807) is 31.4 Å². The molecule has 1 N–H and O–H groups in total. The Labute approximate surface area is 133 Å². The van der Waals surface area contributed by atoms with E-state index in [0.717, 1.165) is 24.4 Å². The second-order valence-electron chi connectivity index (χ2n) is 5.33. The Morgan fingerprint density at radius 2 is 2.09 bits per heavy atom. The molecule has 1 amide bonds. The van der Waals surface area contributed by atoms with Crippen molar-refractivity contribution in [1.82, 2.24) is 9.97 Å². The normalized spacial score (nSPS) is 13.8. The van der Waals surface area contributed by atoms with Crippen LogP contribution in [0.25, 0.3) is 0 Å². The molecule has 0 aliphatic heterocycles. The summed E-state index contributed by atoms with van der Waals surface area (Å²) < 4.78 is 5.09. The number of benzene rings is 1. The molecule has 22 heavy (non-hydrogen) atoms. The summed E-state index contributed by atoms with van der Waals surface area (Å²) in [7, 11) is 1.54. The molecule has 0 spiro atoms. The Morgan fingerprint density at radius 3 is 2.73 bits per heavy atom. The summed E-state index contributed by atoms with van der Waals surface area (Å²) in [6.45, 7) is 1.87. The molecule has 1 fully saturated rings. The molecule has 1 aromatic carbocycles. The van der Waals surface area contributed by atoms with Crippen LogP contribution in [0.2, 0.25) is 5.02 Å². The van der Waals surface area contributed by atoms with Crippen LogP contribution in [0.1, 0.15) is 40.8 Å². The number of anilines is 1. The zero-order valence-electron chi connectivity index (χ0n) is 12.4. The lowest BCUT2D eigenvalue weighted by Crippen LogP contribution is -2.15. The number of nitrogens with zero attached hydrogens (tertiary/aromatic N) is 2. The molecule has 114 valence electrons. The molecular weight excluding hydrogens is 302 g/mol. The van der Waals surface area contributed by atoms with Crippen LogP contribution >= 0.6 is 11.6 Å². The van der Waals surface area contributed by atoms with Gasteiger partial charge >= 0.3 is 0 Å². The van der Waals surface area contributed by atoms with Gasteiger partial charge in [0.1, 0.15) is 17.3 Å². The number of hydrogen-bond acceptors (Lipinski definition) is 4. The molecule has 5 nitrogen and oxygen atoms in total. The number of carbonyl (C=O) groups excluding carboxylic acids is 1. The molecule has 0 bridgehead atoms. The maximum absolute atomic E-state index is 12.4. The van der Waals surface area contributed by atoms with Gasteiger partial charge in [-0.15, -0.1) is 0 Å². The summed E-state index contributed by atoms with van der Waals surface area (Å²) in [6, 6.07) is 6.78. The van der Waals surface area contributed by atoms with Crippen LogP contribution in [0.3, 0.4) is 0 Å². The van der Waals surface area contributed by atoms with Gasteiger partial charge in [-0.25, -0.2) is 9.97 Å². The standard InChI is InChI=1S/C16H16ClN3O2/c1-9-7-13(20-15(18-9)10-3-4-10)16(21)19-11-5-6-14(22-2)12(17)8-11/h5-8,10H,3-4H2,1-2H3,(H,19,21). The van der Waals surface area contributed by atoms with Crippen molar-refractivity contribution in [2.75, 3.05) is 12.4 Å². The first-order valence-corrected chi connectivity index (χ1v) is 7.45. The molecule has 1 aromatic heterocycles. The lowest BCUT2D eigenvalue weighted by Gasteiger charge is -2.09. The minimum absolute atomic E-state index is 0.270. The molecule has 3 rings (SSSR count). The minimum Gasteiger partial charge on any atom is -0.495 e. The fourth-order valence-electron chi connectivity index (χ4n) is 2.17. The largest absolute Gasteiger partial charge is 0.495 e. The fraction of sp³-hybridized carbons (Fsp3) is 0.312. The van der Waals surface area contributed by atoms with Gasteiger partial charge in [0.05, 0.1) is 12.1 Å². The van der Waals surface area contributed by atoms with Crippen LogP contribution in [-0.2, 0) is 0 Å². The van der Waals surface area contributed by atoms with Crippen LogP contribution in [0.4, 0.5) is 5.69 Å². The van der Waals surface area contributed by atoms with Gasteiger partial charge in [-0.05, 0) is 44.0 Å². The summed E-state index contributed by atoms with van der Waals surface area (Å²) >= 11 is 6.06. The van der Waals surface area contributed by atoms with Crippen LogP contribution in [0.5, 0.6) is 5.75 Å². The molecule has 0 unspecified atom stereocenters. The van der Waals surface area contributed by atoms with Gasteiger partial charge in [-0.2, -0.15) is 0 Å². The Balaban J connectivity index is 1.80. The predicted octanol–water partition coefficient (Wildman–Crippen LogP) is 3.58. The quantitative estimate of drug-likeness (QED) is 0.936. The SMILES string of the molecule is COc1ccc(NC(=O)c2cc(C)nc(C3CC3)n2)cc1Cl. The van der Waals surface area contributed by atoms with Crippen molar-refractivity contribution >= 4 is 23.2 Å². The highest BCUT2D eigenvalue weighted by Gasteiger charge is 2.27. The maximum atomic E-state index is 12.4. The highest BCUT2D eigenvalue weighted by molar-refractivity contribution is 6.32. The molecule has 6 heteroatoms. The fourth-order valence-corrected chi connectivity index (χ4v) is 2.43. The van der Waals surface area contributed by atoms with Gasteiger partial charge in [-0.1, -0.05) is 11.6 Å². The zero-order valence-corrected chi connectivity index (χ0v) is 13.1. The number of hydrogen-bond donors (Lipinski definition) is 1. The molecule has 2 aromatic rings. The van der Waals surface area contributed by atoms with Crippen LogP contribution in [0, 0.1) is 6.92 Å².